The fraction of sp³-hybridized carbons (Fsp3) is 0.455. The van der Waals surface area contributed by atoms with E-state index in [2.05, 4.69) is 16.1 Å². The Morgan fingerprint density at radius 2 is 2.33 bits per heavy atom. The van der Waals surface area contributed by atoms with E-state index in [1.54, 1.807) is 4.90 Å². The molecule has 1 amide bonds. The molecular weight excluding hydrogens is 190 g/mol. The molecule has 0 bridgehead atoms. The molecule has 80 valence electrons. The molecule has 0 spiro atoms. The van der Waals surface area contributed by atoms with E-state index in [9.17, 15) is 4.79 Å². The minimum Gasteiger partial charge on any atom is -0.335 e. The van der Waals surface area contributed by atoms with Gasteiger partial charge in [-0.1, -0.05) is 6.58 Å². The highest BCUT2D eigenvalue weighted by molar-refractivity contribution is 5.87. The Bertz CT molecular complexity index is 420. The summed E-state index contributed by atoms with van der Waals surface area (Å²) < 4.78 is 2.10. The highest BCUT2D eigenvalue weighted by Crippen LogP contribution is 2.18. The van der Waals surface area contributed by atoms with Crippen molar-refractivity contribution < 1.29 is 4.79 Å². The standard InChI is InChI=1S/C11H15N3O/c1-4-11(15)14-6-5-10-9(7-14)12-8(2)13(10)3/h4H,1,5-7H2,2-3H3. The molecule has 2 rings (SSSR count). The fourth-order valence-electron chi connectivity index (χ4n) is 1.98. The van der Waals surface area contributed by atoms with Crippen LogP contribution in [0.25, 0.3) is 0 Å². The van der Waals surface area contributed by atoms with E-state index in [0.717, 1.165) is 24.5 Å². The lowest BCUT2D eigenvalue weighted by atomic mass is 10.1. The number of nitrogens with zero attached hydrogens (tertiary/aromatic N) is 3. The molecule has 1 aromatic rings. The van der Waals surface area contributed by atoms with E-state index >= 15 is 0 Å². The molecule has 0 atom stereocenters. The fourth-order valence-corrected chi connectivity index (χ4v) is 1.98. The molecule has 4 nitrogen and oxygen atoms in total. The maximum atomic E-state index is 11.4. The van der Waals surface area contributed by atoms with Crippen LogP contribution in [0, 0.1) is 6.92 Å². The average Bonchev–Trinajstić information content (AvgIpc) is 2.53. The smallest absolute Gasteiger partial charge is 0.246 e. The first kappa shape index (κ1) is 9.96. The highest BCUT2D eigenvalue weighted by atomic mass is 16.2. The van der Waals surface area contributed by atoms with Crippen molar-refractivity contribution in [3.63, 3.8) is 0 Å². The lowest BCUT2D eigenvalue weighted by molar-refractivity contribution is -0.126. The Hall–Kier alpha value is -1.58. The molecule has 0 aliphatic carbocycles. The van der Waals surface area contributed by atoms with E-state index < -0.39 is 0 Å². The van der Waals surface area contributed by atoms with Gasteiger partial charge >= 0.3 is 0 Å². The number of imidazole rings is 1. The van der Waals surface area contributed by atoms with Crippen LogP contribution in [0.3, 0.4) is 0 Å². The third-order valence-electron chi connectivity index (χ3n) is 2.97. The quantitative estimate of drug-likeness (QED) is 0.636. The van der Waals surface area contributed by atoms with Crippen LogP contribution < -0.4 is 0 Å². The number of aryl methyl sites for hydroxylation is 1. The summed E-state index contributed by atoms with van der Waals surface area (Å²) in [5.41, 5.74) is 2.28. The van der Waals surface area contributed by atoms with Gasteiger partial charge in [0.15, 0.2) is 0 Å². The summed E-state index contributed by atoms with van der Waals surface area (Å²) in [7, 11) is 2.02. The highest BCUT2D eigenvalue weighted by Gasteiger charge is 2.23. The van der Waals surface area contributed by atoms with Gasteiger partial charge in [-0.15, -0.1) is 0 Å². The van der Waals surface area contributed by atoms with Crippen molar-refractivity contribution in [3.05, 3.63) is 29.9 Å². The summed E-state index contributed by atoms with van der Waals surface area (Å²) in [6.07, 6.45) is 2.24. The number of aromatic nitrogens is 2. The van der Waals surface area contributed by atoms with Crippen molar-refractivity contribution in [1.82, 2.24) is 14.5 Å². The number of rotatable bonds is 1. The third-order valence-corrected chi connectivity index (χ3v) is 2.97. The van der Waals surface area contributed by atoms with Gasteiger partial charge < -0.3 is 9.47 Å². The van der Waals surface area contributed by atoms with Crippen LogP contribution in [0.2, 0.25) is 0 Å². The van der Waals surface area contributed by atoms with E-state index in [0.29, 0.717) is 6.54 Å². The summed E-state index contributed by atoms with van der Waals surface area (Å²) in [6, 6.07) is 0. The number of carbonyl (C=O) groups is 1. The van der Waals surface area contributed by atoms with Crippen LogP contribution in [0.15, 0.2) is 12.7 Å². The maximum absolute atomic E-state index is 11.4. The minimum atomic E-state index is -0.0102. The predicted molar refractivity (Wildman–Crippen MR) is 57.3 cm³/mol. The van der Waals surface area contributed by atoms with Crippen molar-refractivity contribution >= 4 is 5.91 Å². The van der Waals surface area contributed by atoms with Gasteiger partial charge in [0.2, 0.25) is 5.91 Å². The van der Waals surface area contributed by atoms with Crippen molar-refractivity contribution in [2.45, 2.75) is 19.9 Å². The molecule has 0 unspecified atom stereocenters. The Morgan fingerprint density at radius 3 is 3.00 bits per heavy atom. The third kappa shape index (κ3) is 1.56. The van der Waals surface area contributed by atoms with Gasteiger partial charge in [-0.3, -0.25) is 4.79 Å². The molecule has 0 radical (unpaired) electrons. The van der Waals surface area contributed by atoms with Gasteiger partial charge in [0.25, 0.3) is 0 Å². The van der Waals surface area contributed by atoms with Crippen LogP contribution >= 0.6 is 0 Å². The Morgan fingerprint density at radius 1 is 1.60 bits per heavy atom. The van der Waals surface area contributed by atoms with Gasteiger partial charge in [0.05, 0.1) is 12.2 Å². The van der Waals surface area contributed by atoms with Gasteiger partial charge in [-0.05, 0) is 13.0 Å². The van der Waals surface area contributed by atoms with Gasteiger partial charge in [0, 0.05) is 25.7 Å². The lowest BCUT2D eigenvalue weighted by Gasteiger charge is -2.25. The number of amides is 1. The van der Waals surface area contributed by atoms with Crippen LogP contribution in [0.4, 0.5) is 0 Å². The Labute approximate surface area is 89.2 Å². The Kier molecular flexibility index (Phi) is 2.34. The number of carbonyl (C=O) groups excluding carboxylic acids is 1. The largest absolute Gasteiger partial charge is 0.335 e. The van der Waals surface area contributed by atoms with E-state index in [1.807, 2.05) is 14.0 Å². The molecule has 0 aromatic carbocycles. The summed E-state index contributed by atoms with van der Waals surface area (Å²) >= 11 is 0. The van der Waals surface area contributed by atoms with Crippen molar-refractivity contribution in [2.75, 3.05) is 6.54 Å². The molecule has 1 aromatic heterocycles. The first-order valence-electron chi connectivity index (χ1n) is 5.06. The second-order valence-corrected chi connectivity index (χ2v) is 3.83. The number of hydrogen-bond acceptors (Lipinski definition) is 2. The van der Waals surface area contributed by atoms with E-state index in [4.69, 9.17) is 0 Å². The normalized spacial score (nSPS) is 14.9. The molecule has 0 N–H and O–H groups in total. The zero-order chi connectivity index (χ0) is 11.0. The summed E-state index contributed by atoms with van der Waals surface area (Å²) in [6.45, 7) is 6.86. The van der Waals surface area contributed by atoms with E-state index in [1.165, 1.54) is 11.8 Å². The molecule has 1 aliphatic rings. The van der Waals surface area contributed by atoms with E-state index in [-0.39, 0.29) is 5.91 Å². The summed E-state index contributed by atoms with van der Waals surface area (Å²) in [5, 5.41) is 0. The topological polar surface area (TPSA) is 38.1 Å². The Balaban J connectivity index is 2.27. The molecule has 0 saturated heterocycles. The monoisotopic (exact) mass is 205 g/mol. The zero-order valence-electron chi connectivity index (χ0n) is 9.16. The van der Waals surface area contributed by atoms with Crippen molar-refractivity contribution in [1.29, 1.82) is 0 Å². The van der Waals surface area contributed by atoms with Crippen molar-refractivity contribution in [3.8, 4) is 0 Å². The number of hydrogen-bond donors (Lipinski definition) is 0. The molecule has 4 heteroatoms. The van der Waals surface area contributed by atoms with Gasteiger partial charge in [0.1, 0.15) is 5.82 Å². The van der Waals surface area contributed by atoms with Gasteiger partial charge in [-0.2, -0.15) is 0 Å². The minimum absolute atomic E-state index is 0.0102. The first-order valence-corrected chi connectivity index (χ1v) is 5.06. The SMILES string of the molecule is C=CC(=O)N1CCc2c(nc(C)n2C)C1. The maximum Gasteiger partial charge on any atom is 0.246 e. The van der Waals surface area contributed by atoms with Crippen LogP contribution in [0.5, 0.6) is 0 Å². The molecule has 15 heavy (non-hydrogen) atoms. The molecule has 1 aliphatic heterocycles. The second-order valence-electron chi connectivity index (χ2n) is 3.83. The van der Waals surface area contributed by atoms with Crippen molar-refractivity contribution in [2.24, 2.45) is 7.05 Å². The van der Waals surface area contributed by atoms with Gasteiger partial charge in [-0.25, -0.2) is 4.98 Å². The number of fused-ring (bicyclic) bond motifs is 1. The molecule has 2 heterocycles. The van der Waals surface area contributed by atoms with Crippen LogP contribution in [-0.4, -0.2) is 26.9 Å². The van der Waals surface area contributed by atoms with Crippen LogP contribution in [0.1, 0.15) is 17.2 Å². The summed E-state index contributed by atoms with van der Waals surface area (Å²) in [4.78, 5) is 17.7. The second kappa shape index (κ2) is 3.53. The molecule has 0 saturated carbocycles. The average molecular weight is 205 g/mol. The van der Waals surface area contributed by atoms with Crippen LogP contribution in [-0.2, 0) is 24.8 Å². The summed E-state index contributed by atoms with van der Waals surface area (Å²) in [5.74, 6) is 0.997. The lowest BCUT2D eigenvalue weighted by Crippen LogP contribution is -2.35. The molecule has 0 fully saturated rings. The first-order chi connectivity index (χ1) is 7.13. The molecular formula is C11H15N3O. The zero-order valence-corrected chi connectivity index (χ0v) is 9.16. The predicted octanol–water partition coefficient (Wildman–Crippen LogP) is 0.799.